The van der Waals surface area contributed by atoms with Crippen molar-refractivity contribution in [3.8, 4) is 0 Å². The van der Waals surface area contributed by atoms with Crippen LogP contribution in [0.25, 0.3) is 0 Å². The van der Waals surface area contributed by atoms with Crippen molar-refractivity contribution < 1.29 is 8.83 Å². The minimum atomic E-state index is 0.667. The maximum absolute atomic E-state index is 5.60. The predicted molar refractivity (Wildman–Crippen MR) is 79.1 cm³/mol. The number of furan rings is 2. The highest BCUT2D eigenvalue weighted by molar-refractivity contribution is 5.12. The Hall–Kier alpha value is -1.52. The van der Waals surface area contributed by atoms with E-state index in [4.69, 9.17) is 8.83 Å². The number of rotatable bonds is 8. The van der Waals surface area contributed by atoms with E-state index >= 15 is 0 Å². The molecule has 0 aliphatic carbocycles. The molecule has 0 amide bonds. The van der Waals surface area contributed by atoms with Crippen molar-refractivity contribution in [3.05, 3.63) is 47.8 Å². The molecule has 0 radical (unpaired) electrons. The zero-order valence-corrected chi connectivity index (χ0v) is 12.6. The first-order valence-corrected chi connectivity index (χ1v) is 7.11. The van der Waals surface area contributed by atoms with E-state index in [0.29, 0.717) is 5.92 Å². The minimum Gasteiger partial charge on any atom is -0.468 e. The molecule has 0 saturated heterocycles. The lowest BCUT2D eigenvalue weighted by atomic mass is 10.2. The average molecular weight is 276 g/mol. The van der Waals surface area contributed by atoms with Crippen LogP contribution in [0.5, 0.6) is 0 Å². The van der Waals surface area contributed by atoms with Gasteiger partial charge in [0.05, 0.1) is 25.6 Å². The Bertz CT molecular complexity index is 488. The van der Waals surface area contributed by atoms with Crippen molar-refractivity contribution in [3.63, 3.8) is 0 Å². The fraction of sp³-hybridized carbons (Fsp3) is 0.500. The van der Waals surface area contributed by atoms with Crippen molar-refractivity contribution in [1.29, 1.82) is 0 Å². The van der Waals surface area contributed by atoms with Crippen LogP contribution in [0.1, 0.15) is 30.9 Å². The molecule has 0 atom stereocenters. The first-order chi connectivity index (χ1) is 9.63. The maximum atomic E-state index is 5.60. The number of nitrogens with zero attached hydrogens (tertiary/aromatic N) is 1. The Balaban J connectivity index is 1.77. The molecule has 2 heterocycles. The SMILES string of the molecule is CC(C)CNCc1coc(CN(C)Cc2ccco2)c1. The molecule has 1 N–H and O–H groups in total. The van der Waals surface area contributed by atoms with Gasteiger partial charge in [-0.25, -0.2) is 0 Å². The summed E-state index contributed by atoms with van der Waals surface area (Å²) in [6.07, 6.45) is 3.54. The quantitative estimate of drug-likeness (QED) is 0.803. The normalized spacial score (nSPS) is 11.7. The molecule has 0 aliphatic rings. The second-order valence-corrected chi connectivity index (χ2v) is 5.70. The van der Waals surface area contributed by atoms with Gasteiger partial charge in [0, 0.05) is 12.1 Å². The molecular formula is C16H24N2O2. The van der Waals surface area contributed by atoms with Gasteiger partial charge in [0.15, 0.2) is 0 Å². The highest BCUT2D eigenvalue weighted by atomic mass is 16.3. The molecule has 2 rings (SSSR count). The summed E-state index contributed by atoms with van der Waals surface area (Å²) >= 11 is 0. The number of hydrogen-bond donors (Lipinski definition) is 1. The summed E-state index contributed by atoms with van der Waals surface area (Å²) in [4.78, 5) is 2.17. The second-order valence-electron chi connectivity index (χ2n) is 5.70. The van der Waals surface area contributed by atoms with Crippen LogP contribution in [-0.2, 0) is 19.6 Å². The van der Waals surface area contributed by atoms with E-state index in [-0.39, 0.29) is 0 Å². The van der Waals surface area contributed by atoms with Crippen LogP contribution < -0.4 is 5.32 Å². The Morgan fingerprint density at radius 3 is 2.70 bits per heavy atom. The highest BCUT2D eigenvalue weighted by Gasteiger charge is 2.07. The molecule has 0 fully saturated rings. The Morgan fingerprint density at radius 1 is 1.20 bits per heavy atom. The van der Waals surface area contributed by atoms with E-state index in [2.05, 4.69) is 37.2 Å². The van der Waals surface area contributed by atoms with Crippen molar-refractivity contribution in [2.45, 2.75) is 33.5 Å². The lowest BCUT2D eigenvalue weighted by molar-refractivity contribution is 0.264. The number of hydrogen-bond acceptors (Lipinski definition) is 4. The zero-order valence-electron chi connectivity index (χ0n) is 12.6. The van der Waals surface area contributed by atoms with Gasteiger partial charge in [0.1, 0.15) is 11.5 Å². The lowest BCUT2D eigenvalue weighted by Gasteiger charge is -2.12. The third-order valence-electron chi connectivity index (χ3n) is 3.02. The van der Waals surface area contributed by atoms with Crippen LogP contribution in [0.3, 0.4) is 0 Å². The molecule has 0 bridgehead atoms. The summed E-state index contributed by atoms with van der Waals surface area (Å²) < 4.78 is 10.9. The molecule has 2 aromatic rings. The van der Waals surface area contributed by atoms with Gasteiger partial charge in [-0.05, 0) is 37.7 Å². The monoisotopic (exact) mass is 276 g/mol. The van der Waals surface area contributed by atoms with Gasteiger partial charge in [0.2, 0.25) is 0 Å². The lowest BCUT2D eigenvalue weighted by Crippen LogP contribution is -2.18. The summed E-state index contributed by atoms with van der Waals surface area (Å²) in [5.74, 6) is 2.62. The molecule has 0 aromatic carbocycles. The van der Waals surface area contributed by atoms with Crippen LogP contribution in [0.4, 0.5) is 0 Å². The third-order valence-corrected chi connectivity index (χ3v) is 3.02. The molecule has 0 saturated carbocycles. The number of nitrogens with one attached hydrogen (secondary N) is 1. The van der Waals surface area contributed by atoms with E-state index in [1.807, 2.05) is 18.4 Å². The molecule has 4 heteroatoms. The largest absolute Gasteiger partial charge is 0.468 e. The van der Waals surface area contributed by atoms with Gasteiger partial charge in [-0.2, -0.15) is 0 Å². The van der Waals surface area contributed by atoms with Crippen LogP contribution in [0.15, 0.2) is 39.6 Å². The topological polar surface area (TPSA) is 41.6 Å². The summed E-state index contributed by atoms with van der Waals surface area (Å²) in [6, 6.07) is 6.01. The molecule has 4 nitrogen and oxygen atoms in total. The van der Waals surface area contributed by atoms with Crippen LogP contribution in [0.2, 0.25) is 0 Å². The molecule has 0 spiro atoms. The molecular weight excluding hydrogens is 252 g/mol. The first kappa shape index (κ1) is 14.9. The van der Waals surface area contributed by atoms with Crippen molar-refractivity contribution >= 4 is 0 Å². The summed E-state index contributed by atoms with van der Waals surface area (Å²) in [5.41, 5.74) is 1.20. The smallest absolute Gasteiger partial charge is 0.118 e. The van der Waals surface area contributed by atoms with Crippen LogP contribution in [0, 0.1) is 5.92 Å². The highest BCUT2D eigenvalue weighted by Crippen LogP contribution is 2.12. The summed E-state index contributed by atoms with van der Waals surface area (Å²) in [7, 11) is 2.06. The zero-order chi connectivity index (χ0) is 14.4. The standard InChI is InChI=1S/C16H24N2O2/c1-13(2)8-17-9-14-7-16(20-12-14)11-18(3)10-15-5-4-6-19-15/h4-7,12-13,17H,8-11H2,1-3H3. The van der Waals surface area contributed by atoms with Gasteiger partial charge in [-0.15, -0.1) is 0 Å². The van der Waals surface area contributed by atoms with Gasteiger partial charge >= 0.3 is 0 Å². The average Bonchev–Trinajstić information content (AvgIpc) is 3.01. The minimum absolute atomic E-state index is 0.667. The van der Waals surface area contributed by atoms with Crippen molar-refractivity contribution in [1.82, 2.24) is 10.2 Å². The van der Waals surface area contributed by atoms with Crippen LogP contribution in [-0.4, -0.2) is 18.5 Å². The van der Waals surface area contributed by atoms with Crippen LogP contribution >= 0.6 is 0 Å². The molecule has 20 heavy (non-hydrogen) atoms. The van der Waals surface area contributed by atoms with Crippen molar-refractivity contribution in [2.75, 3.05) is 13.6 Å². The van der Waals surface area contributed by atoms with Gasteiger partial charge in [0.25, 0.3) is 0 Å². The second kappa shape index (κ2) is 7.31. The van der Waals surface area contributed by atoms with E-state index in [9.17, 15) is 0 Å². The van der Waals surface area contributed by atoms with E-state index in [0.717, 1.165) is 37.7 Å². The Labute approximate surface area is 120 Å². The molecule has 0 unspecified atom stereocenters. The predicted octanol–water partition coefficient (Wildman–Crippen LogP) is 3.25. The van der Waals surface area contributed by atoms with E-state index in [1.165, 1.54) is 5.56 Å². The van der Waals surface area contributed by atoms with E-state index < -0.39 is 0 Å². The molecule has 2 aromatic heterocycles. The summed E-state index contributed by atoms with van der Waals surface area (Å²) in [6.45, 7) is 7.87. The van der Waals surface area contributed by atoms with E-state index in [1.54, 1.807) is 6.26 Å². The third kappa shape index (κ3) is 4.87. The fourth-order valence-electron chi connectivity index (χ4n) is 2.10. The summed E-state index contributed by atoms with van der Waals surface area (Å²) in [5, 5.41) is 3.42. The van der Waals surface area contributed by atoms with Gasteiger partial charge in [-0.1, -0.05) is 13.8 Å². The fourth-order valence-corrected chi connectivity index (χ4v) is 2.10. The Morgan fingerprint density at radius 2 is 2.00 bits per heavy atom. The van der Waals surface area contributed by atoms with Gasteiger partial charge in [-0.3, -0.25) is 4.90 Å². The first-order valence-electron chi connectivity index (χ1n) is 7.11. The van der Waals surface area contributed by atoms with Gasteiger partial charge < -0.3 is 14.2 Å². The Kier molecular flexibility index (Phi) is 5.44. The molecule has 0 aliphatic heterocycles. The molecule has 110 valence electrons. The maximum Gasteiger partial charge on any atom is 0.118 e. The van der Waals surface area contributed by atoms with Crippen molar-refractivity contribution in [2.24, 2.45) is 5.92 Å².